The maximum absolute atomic E-state index is 13.4. The number of benzene rings is 3. The van der Waals surface area contributed by atoms with Gasteiger partial charge in [0.05, 0.1) is 10.5 Å². The standard InChI is InChI=1S/C24H20F3N3O5S/c25-24(26,27)17-8-6-9-18(15-17)28-23(31)29-14-13-16-7-4-5-12-20(16)21(29)22(30(32)33)36(34,35)19-10-2-1-3-11-19/h1-12,15,21-22H,13-14H2,(H,28,31). The Morgan fingerprint density at radius 3 is 2.36 bits per heavy atom. The van der Waals surface area contributed by atoms with Crippen molar-refractivity contribution in [3.63, 3.8) is 0 Å². The van der Waals surface area contributed by atoms with Crippen LogP contribution < -0.4 is 5.32 Å². The number of fused-ring (bicyclic) bond motifs is 1. The van der Waals surface area contributed by atoms with E-state index in [1.807, 2.05) is 0 Å². The van der Waals surface area contributed by atoms with Crippen LogP contribution in [0.1, 0.15) is 22.7 Å². The number of alkyl halides is 3. The van der Waals surface area contributed by atoms with Gasteiger partial charge in [0.15, 0.2) is 0 Å². The second-order valence-corrected chi connectivity index (χ2v) is 10.2. The van der Waals surface area contributed by atoms with Crippen LogP contribution in [0.25, 0.3) is 0 Å². The maximum atomic E-state index is 13.4. The topological polar surface area (TPSA) is 110 Å². The largest absolute Gasteiger partial charge is 0.416 e. The Morgan fingerprint density at radius 2 is 1.69 bits per heavy atom. The number of hydrogen-bond donors (Lipinski definition) is 1. The second kappa shape index (κ2) is 9.61. The highest BCUT2D eigenvalue weighted by Crippen LogP contribution is 2.38. The molecule has 3 aromatic carbocycles. The lowest BCUT2D eigenvalue weighted by Crippen LogP contribution is -2.51. The van der Waals surface area contributed by atoms with E-state index in [9.17, 15) is 36.5 Å². The molecule has 3 aromatic rings. The highest BCUT2D eigenvalue weighted by atomic mass is 32.2. The summed E-state index contributed by atoms with van der Waals surface area (Å²) in [5.41, 5.74) is -0.253. The van der Waals surface area contributed by atoms with E-state index in [0.29, 0.717) is 5.56 Å². The molecule has 2 atom stereocenters. The first-order valence-electron chi connectivity index (χ1n) is 10.8. The highest BCUT2D eigenvalue weighted by Gasteiger charge is 2.51. The van der Waals surface area contributed by atoms with Gasteiger partial charge >= 0.3 is 17.6 Å². The minimum absolute atomic E-state index is 0.0822. The predicted octanol–water partition coefficient (Wildman–Crippen LogP) is 4.91. The number of amides is 2. The van der Waals surface area contributed by atoms with Crippen LogP contribution in [0.5, 0.6) is 0 Å². The molecule has 0 spiro atoms. The molecule has 0 bridgehead atoms. The van der Waals surface area contributed by atoms with Crippen molar-refractivity contribution in [2.24, 2.45) is 0 Å². The van der Waals surface area contributed by atoms with Gasteiger partial charge in [0, 0.05) is 17.2 Å². The summed E-state index contributed by atoms with van der Waals surface area (Å²) in [6, 6.07) is 14.8. The number of anilines is 1. The van der Waals surface area contributed by atoms with Crippen molar-refractivity contribution >= 4 is 21.6 Å². The number of halogens is 3. The molecule has 12 heteroatoms. The van der Waals surface area contributed by atoms with Gasteiger partial charge in [-0.1, -0.05) is 48.5 Å². The fourth-order valence-electron chi connectivity index (χ4n) is 4.25. The quantitative estimate of drug-likeness (QED) is 0.380. The average molecular weight is 520 g/mol. The molecule has 2 unspecified atom stereocenters. The van der Waals surface area contributed by atoms with E-state index in [4.69, 9.17) is 0 Å². The summed E-state index contributed by atoms with van der Waals surface area (Å²) in [5.74, 6) is 0. The Hall–Kier alpha value is -3.93. The van der Waals surface area contributed by atoms with Gasteiger partial charge < -0.3 is 10.2 Å². The summed E-state index contributed by atoms with van der Waals surface area (Å²) in [4.78, 5) is 25.3. The number of carbonyl (C=O) groups is 1. The van der Waals surface area contributed by atoms with E-state index in [-0.39, 0.29) is 29.1 Å². The first-order chi connectivity index (χ1) is 17.0. The first-order valence-corrected chi connectivity index (χ1v) is 12.3. The van der Waals surface area contributed by atoms with Gasteiger partial charge in [-0.15, -0.1) is 0 Å². The summed E-state index contributed by atoms with van der Waals surface area (Å²) in [7, 11) is -4.58. The summed E-state index contributed by atoms with van der Waals surface area (Å²) in [6.07, 6.45) is -4.37. The summed E-state index contributed by atoms with van der Waals surface area (Å²) < 4.78 is 66.2. The Morgan fingerprint density at radius 1 is 1.03 bits per heavy atom. The van der Waals surface area contributed by atoms with Gasteiger partial charge in [-0.2, -0.15) is 13.2 Å². The highest BCUT2D eigenvalue weighted by molar-refractivity contribution is 7.91. The Bertz CT molecular complexity index is 1400. The smallest absolute Gasteiger partial charge is 0.309 e. The van der Waals surface area contributed by atoms with Gasteiger partial charge in [0.1, 0.15) is 6.04 Å². The summed E-state index contributed by atoms with van der Waals surface area (Å²) in [6.45, 7) is -0.0822. The molecule has 0 aromatic heterocycles. The molecule has 0 aliphatic carbocycles. The molecule has 1 aliphatic heterocycles. The molecule has 1 N–H and O–H groups in total. The van der Waals surface area contributed by atoms with Crippen LogP contribution in [-0.4, -0.2) is 36.2 Å². The lowest BCUT2D eigenvalue weighted by molar-refractivity contribution is -0.505. The molecule has 36 heavy (non-hydrogen) atoms. The van der Waals surface area contributed by atoms with Crippen molar-refractivity contribution in [2.75, 3.05) is 11.9 Å². The van der Waals surface area contributed by atoms with E-state index in [1.54, 1.807) is 24.3 Å². The van der Waals surface area contributed by atoms with Crippen molar-refractivity contribution < 1.29 is 31.3 Å². The number of hydrogen-bond acceptors (Lipinski definition) is 5. The minimum Gasteiger partial charge on any atom is -0.309 e. The molecule has 0 fully saturated rings. The normalized spacial score (nSPS) is 16.6. The molecule has 1 heterocycles. The lowest BCUT2D eigenvalue weighted by atomic mass is 9.92. The van der Waals surface area contributed by atoms with Crippen molar-refractivity contribution in [3.05, 3.63) is 106 Å². The molecule has 1 aliphatic rings. The number of rotatable bonds is 5. The number of sulfone groups is 1. The zero-order valence-corrected chi connectivity index (χ0v) is 19.4. The third-order valence-electron chi connectivity index (χ3n) is 5.90. The minimum atomic E-state index is -4.65. The molecular formula is C24H20F3N3O5S. The number of nitro groups is 1. The van der Waals surface area contributed by atoms with Crippen molar-refractivity contribution in [1.29, 1.82) is 0 Å². The van der Waals surface area contributed by atoms with Crippen LogP contribution in [0.3, 0.4) is 0 Å². The zero-order chi connectivity index (χ0) is 26.1. The van der Waals surface area contributed by atoms with Gasteiger partial charge in [0.2, 0.25) is 9.84 Å². The zero-order valence-electron chi connectivity index (χ0n) is 18.6. The maximum Gasteiger partial charge on any atom is 0.416 e. The van der Waals surface area contributed by atoms with E-state index >= 15 is 0 Å². The van der Waals surface area contributed by atoms with Gasteiger partial charge in [-0.05, 0) is 47.9 Å². The number of urea groups is 1. The van der Waals surface area contributed by atoms with Gasteiger partial charge in [-0.25, -0.2) is 13.2 Å². The van der Waals surface area contributed by atoms with Crippen LogP contribution in [0.2, 0.25) is 0 Å². The van der Waals surface area contributed by atoms with E-state index < -0.39 is 43.9 Å². The Balaban J connectivity index is 1.77. The Labute approximate surface area is 204 Å². The lowest BCUT2D eigenvalue weighted by Gasteiger charge is -2.37. The molecule has 4 rings (SSSR count). The molecule has 2 amide bonds. The number of nitrogens with one attached hydrogen (secondary N) is 1. The molecule has 0 radical (unpaired) electrons. The van der Waals surface area contributed by atoms with Crippen molar-refractivity contribution in [3.8, 4) is 0 Å². The van der Waals surface area contributed by atoms with E-state index in [0.717, 1.165) is 23.1 Å². The molecular weight excluding hydrogens is 499 g/mol. The van der Waals surface area contributed by atoms with Crippen LogP contribution in [0.15, 0.2) is 83.8 Å². The number of carbonyl (C=O) groups excluding carboxylic acids is 1. The summed E-state index contributed by atoms with van der Waals surface area (Å²) in [5, 5.41) is 12.3. The third kappa shape index (κ3) is 4.89. The molecule has 188 valence electrons. The van der Waals surface area contributed by atoms with Crippen LogP contribution >= 0.6 is 0 Å². The fourth-order valence-corrected chi connectivity index (χ4v) is 5.93. The second-order valence-electron chi connectivity index (χ2n) is 8.13. The fraction of sp³-hybridized carbons (Fsp3) is 0.208. The molecule has 0 saturated heterocycles. The van der Waals surface area contributed by atoms with Crippen molar-refractivity contribution in [2.45, 2.75) is 28.9 Å². The monoisotopic (exact) mass is 519 g/mol. The average Bonchev–Trinajstić information content (AvgIpc) is 2.84. The number of nitrogens with zero attached hydrogens (tertiary/aromatic N) is 2. The van der Waals surface area contributed by atoms with Crippen molar-refractivity contribution in [1.82, 2.24) is 4.90 Å². The SMILES string of the molecule is O=C(Nc1cccc(C(F)(F)F)c1)N1CCc2ccccc2C1C([N+](=O)[O-])S(=O)(=O)c1ccccc1. The van der Waals surface area contributed by atoms with Gasteiger partial charge in [0.25, 0.3) is 0 Å². The van der Waals surface area contributed by atoms with Gasteiger partial charge in [-0.3, -0.25) is 10.1 Å². The predicted molar refractivity (Wildman–Crippen MR) is 124 cm³/mol. The van der Waals surface area contributed by atoms with E-state index in [2.05, 4.69) is 5.32 Å². The van der Waals surface area contributed by atoms with Crippen LogP contribution in [0.4, 0.5) is 23.7 Å². The first kappa shape index (κ1) is 25.2. The third-order valence-corrected chi connectivity index (χ3v) is 7.90. The van der Waals surface area contributed by atoms with E-state index in [1.165, 1.54) is 36.4 Å². The van der Waals surface area contributed by atoms with Crippen LogP contribution in [0, 0.1) is 10.1 Å². The Kier molecular flexibility index (Phi) is 6.72. The molecule has 8 nitrogen and oxygen atoms in total. The summed E-state index contributed by atoms with van der Waals surface area (Å²) >= 11 is 0. The van der Waals surface area contributed by atoms with Crippen LogP contribution in [-0.2, 0) is 22.4 Å². The molecule has 0 saturated carbocycles.